The number of hydrogen-bond donors (Lipinski definition) is 0. The monoisotopic (exact) mass is 417 g/mol. The summed E-state index contributed by atoms with van der Waals surface area (Å²) in [5.41, 5.74) is 2.54. The predicted octanol–water partition coefficient (Wildman–Crippen LogP) is 2.37. The number of hydrogen-bond acceptors (Lipinski definition) is 4. The molecule has 2 aromatic rings. The molecular weight excluding hydrogens is 390 g/mol. The highest BCUT2D eigenvalue weighted by atomic mass is 16.5. The summed E-state index contributed by atoms with van der Waals surface area (Å²) in [7, 11) is 1.80. The van der Waals surface area contributed by atoms with Crippen LogP contribution in [0.1, 0.15) is 16.8 Å². The van der Waals surface area contributed by atoms with Crippen molar-refractivity contribution < 1.29 is 14.3 Å². The van der Waals surface area contributed by atoms with Gasteiger partial charge in [0.05, 0.1) is 24.5 Å². The summed E-state index contributed by atoms with van der Waals surface area (Å²) in [4.78, 5) is 34.7. The van der Waals surface area contributed by atoms with Gasteiger partial charge in [0.2, 0.25) is 11.8 Å². The second-order valence-electron chi connectivity index (χ2n) is 8.91. The normalized spacial score (nSPS) is 28.3. The first-order chi connectivity index (χ1) is 15.0. The van der Waals surface area contributed by atoms with E-state index in [0.29, 0.717) is 26.1 Å². The van der Waals surface area contributed by atoms with Crippen molar-refractivity contribution in [2.75, 3.05) is 20.1 Å². The number of carbonyl (C=O) groups is 2. The first-order valence-corrected chi connectivity index (χ1v) is 10.8. The first kappa shape index (κ1) is 19.9. The van der Waals surface area contributed by atoms with Crippen LogP contribution in [0.3, 0.4) is 0 Å². The van der Waals surface area contributed by atoms with Crippen LogP contribution in [0, 0.1) is 18.8 Å². The topological polar surface area (TPSA) is 62.7 Å². The van der Waals surface area contributed by atoms with E-state index >= 15 is 0 Å². The number of carbonyl (C=O) groups excluding carboxylic acids is 2. The molecule has 0 N–H and O–H groups in total. The molecule has 2 saturated heterocycles. The maximum absolute atomic E-state index is 13.4. The second-order valence-corrected chi connectivity index (χ2v) is 8.91. The molecule has 0 radical (unpaired) electrons. The summed E-state index contributed by atoms with van der Waals surface area (Å²) in [6.45, 7) is 3.64. The van der Waals surface area contributed by atoms with E-state index in [-0.39, 0.29) is 17.9 Å². The molecular formula is C25H27N3O3. The lowest BCUT2D eigenvalue weighted by molar-refractivity contribution is -0.142. The Morgan fingerprint density at radius 1 is 1.29 bits per heavy atom. The van der Waals surface area contributed by atoms with Crippen LogP contribution >= 0.6 is 0 Å². The van der Waals surface area contributed by atoms with E-state index in [1.165, 1.54) is 5.56 Å². The summed E-state index contributed by atoms with van der Waals surface area (Å²) in [5, 5.41) is 0. The van der Waals surface area contributed by atoms with Crippen LogP contribution in [-0.2, 0) is 27.3 Å². The Hall–Kier alpha value is -2.99. The molecule has 2 bridgehead atoms. The van der Waals surface area contributed by atoms with Crippen molar-refractivity contribution in [3.05, 3.63) is 77.6 Å². The molecule has 4 atom stereocenters. The van der Waals surface area contributed by atoms with Crippen molar-refractivity contribution in [1.82, 2.24) is 14.8 Å². The minimum absolute atomic E-state index is 0.0184. The van der Waals surface area contributed by atoms with Crippen LogP contribution in [0.15, 0.2) is 60.8 Å². The number of aryl methyl sites for hydroxylation is 1. The zero-order valence-corrected chi connectivity index (χ0v) is 17.9. The molecule has 0 aliphatic carbocycles. The maximum atomic E-state index is 13.4. The second kappa shape index (κ2) is 7.61. The zero-order valence-electron chi connectivity index (χ0n) is 17.9. The first-order valence-electron chi connectivity index (χ1n) is 10.8. The minimum atomic E-state index is -0.673. The van der Waals surface area contributed by atoms with Gasteiger partial charge in [0.15, 0.2) is 0 Å². The fourth-order valence-corrected chi connectivity index (χ4v) is 5.22. The van der Waals surface area contributed by atoms with Crippen molar-refractivity contribution in [3.8, 4) is 0 Å². The molecule has 6 nitrogen and oxygen atoms in total. The molecule has 31 heavy (non-hydrogen) atoms. The van der Waals surface area contributed by atoms with Crippen LogP contribution < -0.4 is 0 Å². The van der Waals surface area contributed by atoms with Gasteiger partial charge in [-0.2, -0.15) is 0 Å². The molecule has 3 aliphatic rings. The average molecular weight is 418 g/mol. The standard InChI is InChI=1S/C25H27N3O3/c1-17-6-5-7-18(14-17)15-28-16-25-11-9-20(31-25)21(22(25)24(28)30)23(29)27(2)13-10-19-8-3-4-12-26-19/h3-9,11-12,14,20-22H,10,13,15-16H2,1-2H3/t20-,21+,22+,25-/m0/s1. The van der Waals surface area contributed by atoms with Gasteiger partial charge in [-0.25, -0.2) is 0 Å². The van der Waals surface area contributed by atoms with Crippen LogP contribution in [0.4, 0.5) is 0 Å². The number of amides is 2. The molecule has 2 amide bonds. The summed E-state index contributed by atoms with van der Waals surface area (Å²) in [6, 6.07) is 14.0. The molecule has 4 heterocycles. The number of likely N-dealkylation sites (tertiary alicyclic amines) is 1. The number of benzene rings is 1. The highest BCUT2D eigenvalue weighted by Gasteiger charge is 2.67. The Bertz CT molecular complexity index is 1040. The highest BCUT2D eigenvalue weighted by molar-refractivity contribution is 5.93. The van der Waals surface area contributed by atoms with Crippen LogP contribution in [0.25, 0.3) is 0 Å². The van der Waals surface area contributed by atoms with Crippen molar-refractivity contribution in [3.63, 3.8) is 0 Å². The summed E-state index contributed by atoms with van der Waals surface area (Å²) in [6.07, 6.45) is 6.10. The molecule has 1 spiro atoms. The summed E-state index contributed by atoms with van der Waals surface area (Å²) >= 11 is 0. The Morgan fingerprint density at radius 3 is 2.94 bits per heavy atom. The molecule has 3 aliphatic heterocycles. The van der Waals surface area contributed by atoms with Crippen molar-refractivity contribution in [2.45, 2.75) is 31.6 Å². The summed E-state index contributed by atoms with van der Waals surface area (Å²) < 4.78 is 6.26. The molecule has 5 rings (SSSR count). The number of aromatic nitrogens is 1. The Balaban J connectivity index is 1.31. The molecule has 6 heteroatoms. The highest BCUT2D eigenvalue weighted by Crippen LogP contribution is 2.52. The lowest BCUT2D eigenvalue weighted by Gasteiger charge is -2.27. The Labute approximate surface area is 182 Å². The number of ether oxygens (including phenoxy) is 1. The van der Waals surface area contributed by atoms with Gasteiger partial charge in [-0.05, 0) is 24.6 Å². The van der Waals surface area contributed by atoms with Crippen LogP contribution in [-0.4, -0.2) is 58.4 Å². The van der Waals surface area contributed by atoms with Gasteiger partial charge in [-0.1, -0.05) is 48.0 Å². The van der Waals surface area contributed by atoms with Gasteiger partial charge in [0.1, 0.15) is 5.60 Å². The molecule has 2 fully saturated rings. The zero-order chi connectivity index (χ0) is 21.6. The number of nitrogens with zero attached hydrogens (tertiary/aromatic N) is 3. The van der Waals surface area contributed by atoms with Gasteiger partial charge >= 0.3 is 0 Å². The number of fused-ring (bicyclic) bond motifs is 1. The van der Waals surface area contributed by atoms with E-state index in [2.05, 4.69) is 11.1 Å². The van der Waals surface area contributed by atoms with E-state index in [9.17, 15) is 9.59 Å². The fraction of sp³-hybridized carbons (Fsp3) is 0.400. The maximum Gasteiger partial charge on any atom is 0.230 e. The largest absolute Gasteiger partial charge is 0.360 e. The van der Waals surface area contributed by atoms with E-state index < -0.39 is 17.4 Å². The van der Waals surface area contributed by atoms with E-state index in [1.54, 1.807) is 18.1 Å². The van der Waals surface area contributed by atoms with E-state index in [0.717, 1.165) is 11.3 Å². The third-order valence-electron chi connectivity index (χ3n) is 6.73. The fourth-order valence-electron chi connectivity index (χ4n) is 5.22. The number of rotatable bonds is 6. The smallest absolute Gasteiger partial charge is 0.230 e. The van der Waals surface area contributed by atoms with Crippen LogP contribution in [0.2, 0.25) is 0 Å². The molecule has 1 aromatic heterocycles. The molecule has 160 valence electrons. The van der Waals surface area contributed by atoms with Crippen LogP contribution in [0.5, 0.6) is 0 Å². The summed E-state index contributed by atoms with van der Waals surface area (Å²) in [5.74, 6) is -0.918. The number of pyridine rings is 1. The lowest BCUT2D eigenvalue weighted by Crippen LogP contribution is -2.45. The predicted molar refractivity (Wildman–Crippen MR) is 116 cm³/mol. The quantitative estimate of drug-likeness (QED) is 0.677. The van der Waals surface area contributed by atoms with Gasteiger partial charge in [0.25, 0.3) is 0 Å². The third kappa shape index (κ3) is 3.45. The van der Waals surface area contributed by atoms with Gasteiger partial charge < -0.3 is 14.5 Å². The van der Waals surface area contributed by atoms with Gasteiger partial charge in [0, 0.05) is 38.4 Å². The minimum Gasteiger partial charge on any atom is -0.360 e. The third-order valence-corrected chi connectivity index (χ3v) is 6.73. The van der Waals surface area contributed by atoms with Crippen molar-refractivity contribution in [1.29, 1.82) is 0 Å². The SMILES string of the molecule is Cc1cccc(CN2C[C@]34C=C[C@H](O3)[C@@H](C(=O)N(C)CCc3ccccn3)[C@@H]4C2=O)c1. The Morgan fingerprint density at radius 2 is 2.16 bits per heavy atom. The Kier molecular flexibility index (Phi) is 4.89. The van der Waals surface area contributed by atoms with E-state index in [4.69, 9.17) is 4.74 Å². The molecule has 0 saturated carbocycles. The van der Waals surface area contributed by atoms with Gasteiger partial charge in [-0.15, -0.1) is 0 Å². The van der Waals surface area contributed by atoms with Gasteiger partial charge in [-0.3, -0.25) is 14.6 Å². The average Bonchev–Trinajstić information content (AvgIpc) is 3.40. The number of likely N-dealkylation sites (N-methyl/N-ethyl adjacent to an activating group) is 1. The molecule has 1 aromatic carbocycles. The van der Waals surface area contributed by atoms with E-state index in [1.807, 2.05) is 60.4 Å². The van der Waals surface area contributed by atoms with Crippen molar-refractivity contribution in [2.24, 2.45) is 11.8 Å². The molecule has 0 unspecified atom stereocenters. The van der Waals surface area contributed by atoms with Crippen molar-refractivity contribution >= 4 is 11.8 Å². The lowest BCUT2D eigenvalue weighted by atomic mass is 9.76.